The van der Waals surface area contributed by atoms with Gasteiger partial charge in [0, 0.05) is 17.3 Å². The molecule has 0 spiro atoms. The highest BCUT2D eigenvalue weighted by Crippen LogP contribution is 2.21. The van der Waals surface area contributed by atoms with E-state index in [-0.39, 0.29) is 0 Å². The molecular formula is C16H21ClN4OS. The summed E-state index contributed by atoms with van der Waals surface area (Å²) in [6.45, 7) is 11.5. The fourth-order valence-corrected chi connectivity index (χ4v) is 3.02. The van der Waals surface area contributed by atoms with Crippen molar-refractivity contribution in [3.8, 4) is 0 Å². The van der Waals surface area contributed by atoms with Gasteiger partial charge in [0.2, 0.25) is 0 Å². The third kappa shape index (κ3) is 5.27. The van der Waals surface area contributed by atoms with Crippen molar-refractivity contribution >= 4 is 23.4 Å². The average Bonchev–Trinajstić information content (AvgIpc) is 3.04. The van der Waals surface area contributed by atoms with E-state index in [4.69, 9.17) is 16.0 Å². The van der Waals surface area contributed by atoms with Gasteiger partial charge in [-0.05, 0) is 26.1 Å². The third-order valence-corrected chi connectivity index (χ3v) is 4.44. The van der Waals surface area contributed by atoms with E-state index < -0.39 is 0 Å². The van der Waals surface area contributed by atoms with Gasteiger partial charge in [-0.2, -0.15) is 0 Å². The molecule has 0 atom stereocenters. The number of aromatic nitrogens is 3. The van der Waals surface area contributed by atoms with Crippen molar-refractivity contribution in [2.45, 2.75) is 31.7 Å². The molecule has 0 N–H and O–H groups in total. The number of aryl methyl sites for hydroxylation is 1. The van der Waals surface area contributed by atoms with Gasteiger partial charge in [0.15, 0.2) is 5.16 Å². The van der Waals surface area contributed by atoms with Crippen LogP contribution in [0, 0.1) is 6.92 Å². The first-order valence-electron chi connectivity index (χ1n) is 7.22. The monoisotopic (exact) mass is 352 g/mol. The molecule has 0 fully saturated rings. The van der Waals surface area contributed by atoms with Crippen LogP contribution in [0.25, 0.3) is 0 Å². The van der Waals surface area contributed by atoms with Gasteiger partial charge in [0.1, 0.15) is 17.3 Å². The number of nitrogens with zero attached hydrogens (tertiary/aromatic N) is 4. The van der Waals surface area contributed by atoms with Gasteiger partial charge in [-0.3, -0.25) is 4.90 Å². The van der Waals surface area contributed by atoms with Gasteiger partial charge >= 0.3 is 0 Å². The number of hydrogen-bond donors (Lipinski definition) is 0. The number of allylic oxidation sites excluding steroid dienone is 1. The summed E-state index contributed by atoms with van der Waals surface area (Å²) in [6.07, 6.45) is 1.84. The maximum absolute atomic E-state index is 5.83. The van der Waals surface area contributed by atoms with Crippen LogP contribution in [0.5, 0.6) is 0 Å². The van der Waals surface area contributed by atoms with E-state index in [0.717, 1.165) is 29.0 Å². The SMILES string of the molecule is C=CCn1c(CN(C)Cc2ccc(C)o2)nnc1SCC(=C)Cl. The van der Waals surface area contributed by atoms with Crippen molar-refractivity contribution in [3.05, 3.63) is 53.7 Å². The van der Waals surface area contributed by atoms with Crippen molar-refractivity contribution in [2.24, 2.45) is 0 Å². The Hall–Kier alpha value is -1.50. The van der Waals surface area contributed by atoms with Gasteiger partial charge in [-0.1, -0.05) is 36.0 Å². The Balaban J connectivity index is 2.05. The smallest absolute Gasteiger partial charge is 0.191 e. The van der Waals surface area contributed by atoms with Gasteiger partial charge in [0.25, 0.3) is 0 Å². The number of furan rings is 1. The topological polar surface area (TPSA) is 47.1 Å². The minimum Gasteiger partial charge on any atom is -0.465 e. The Labute approximate surface area is 146 Å². The van der Waals surface area contributed by atoms with Crippen LogP contribution in [0.15, 0.2) is 46.0 Å². The summed E-state index contributed by atoms with van der Waals surface area (Å²) in [5.41, 5.74) is 0. The molecule has 0 aromatic carbocycles. The van der Waals surface area contributed by atoms with Crippen LogP contribution in [-0.2, 0) is 19.6 Å². The van der Waals surface area contributed by atoms with E-state index in [1.165, 1.54) is 11.8 Å². The minimum absolute atomic E-state index is 0.593. The summed E-state index contributed by atoms with van der Waals surface area (Å²) < 4.78 is 7.65. The first kappa shape index (κ1) is 17.8. The van der Waals surface area contributed by atoms with Gasteiger partial charge in [-0.15, -0.1) is 16.8 Å². The summed E-state index contributed by atoms with van der Waals surface area (Å²) in [4.78, 5) is 2.14. The molecule has 0 unspecified atom stereocenters. The van der Waals surface area contributed by atoms with Crippen LogP contribution in [0.3, 0.4) is 0 Å². The lowest BCUT2D eigenvalue weighted by atomic mass is 10.4. The van der Waals surface area contributed by atoms with Crippen LogP contribution in [0.1, 0.15) is 17.3 Å². The third-order valence-electron chi connectivity index (χ3n) is 3.10. The number of hydrogen-bond acceptors (Lipinski definition) is 5. The maximum atomic E-state index is 5.83. The molecule has 7 heteroatoms. The van der Waals surface area contributed by atoms with E-state index in [0.29, 0.717) is 23.9 Å². The second-order valence-electron chi connectivity index (χ2n) is 5.29. The molecule has 0 aliphatic heterocycles. The first-order valence-corrected chi connectivity index (χ1v) is 8.59. The fourth-order valence-electron chi connectivity index (χ4n) is 2.13. The molecule has 0 bridgehead atoms. The predicted octanol–water partition coefficient (Wildman–Crippen LogP) is 3.84. The summed E-state index contributed by atoms with van der Waals surface area (Å²) in [5, 5.41) is 9.96. The predicted molar refractivity (Wildman–Crippen MR) is 94.6 cm³/mol. The van der Waals surface area contributed by atoms with E-state index >= 15 is 0 Å². The van der Waals surface area contributed by atoms with E-state index in [1.54, 1.807) is 0 Å². The molecule has 0 radical (unpaired) electrons. The van der Waals surface area contributed by atoms with E-state index in [9.17, 15) is 0 Å². The Morgan fingerprint density at radius 3 is 2.83 bits per heavy atom. The van der Waals surface area contributed by atoms with Crippen LogP contribution in [0.4, 0.5) is 0 Å². The normalized spacial score (nSPS) is 11.1. The Morgan fingerprint density at radius 1 is 1.43 bits per heavy atom. The van der Waals surface area contributed by atoms with Crippen molar-refractivity contribution in [3.63, 3.8) is 0 Å². The zero-order valence-electron chi connectivity index (χ0n) is 13.5. The molecule has 2 heterocycles. The molecule has 0 aliphatic rings. The highest BCUT2D eigenvalue weighted by atomic mass is 35.5. The summed E-state index contributed by atoms with van der Waals surface area (Å²) in [7, 11) is 2.03. The first-order chi connectivity index (χ1) is 11.0. The van der Waals surface area contributed by atoms with E-state index in [2.05, 4.69) is 28.3 Å². The molecule has 2 rings (SSSR count). The molecule has 2 aromatic heterocycles. The van der Waals surface area contributed by atoms with Crippen LogP contribution in [-0.4, -0.2) is 32.5 Å². The van der Waals surface area contributed by atoms with E-state index in [1.807, 2.05) is 36.7 Å². The molecule has 2 aromatic rings. The lowest BCUT2D eigenvalue weighted by Gasteiger charge is -2.15. The van der Waals surface area contributed by atoms with Crippen molar-refractivity contribution in [1.29, 1.82) is 0 Å². The molecule has 0 aliphatic carbocycles. The molecular weight excluding hydrogens is 332 g/mol. The largest absolute Gasteiger partial charge is 0.465 e. The van der Waals surface area contributed by atoms with Crippen molar-refractivity contribution < 1.29 is 4.42 Å². The quantitative estimate of drug-likeness (QED) is 0.507. The van der Waals surface area contributed by atoms with Crippen molar-refractivity contribution in [1.82, 2.24) is 19.7 Å². The molecule has 5 nitrogen and oxygen atoms in total. The second kappa shape index (κ2) is 8.38. The molecule has 0 amide bonds. The minimum atomic E-state index is 0.593. The molecule has 0 saturated heterocycles. The molecule has 0 saturated carbocycles. The fraction of sp³-hybridized carbons (Fsp3) is 0.375. The highest BCUT2D eigenvalue weighted by molar-refractivity contribution is 7.99. The number of halogens is 1. The molecule has 23 heavy (non-hydrogen) atoms. The average molecular weight is 353 g/mol. The summed E-state index contributed by atoms with van der Waals surface area (Å²) in [5.74, 6) is 3.35. The Kier molecular flexibility index (Phi) is 6.50. The van der Waals surface area contributed by atoms with Crippen LogP contribution >= 0.6 is 23.4 Å². The lowest BCUT2D eigenvalue weighted by Crippen LogP contribution is -2.20. The summed E-state index contributed by atoms with van der Waals surface area (Å²) in [6, 6.07) is 3.96. The highest BCUT2D eigenvalue weighted by Gasteiger charge is 2.14. The second-order valence-corrected chi connectivity index (χ2v) is 6.77. The number of thioether (sulfide) groups is 1. The molecule has 124 valence electrons. The van der Waals surface area contributed by atoms with Crippen molar-refractivity contribution in [2.75, 3.05) is 12.8 Å². The Bertz CT molecular complexity index is 679. The van der Waals surface area contributed by atoms with Gasteiger partial charge < -0.3 is 8.98 Å². The number of rotatable bonds is 9. The Morgan fingerprint density at radius 2 is 2.22 bits per heavy atom. The van der Waals surface area contributed by atoms with Gasteiger partial charge in [0.05, 0.1) is 13.1 Å². The van der Waals surface area contributed by atoms with Crippen LogP contribution in [0.2, 0.25) is 0 Å². The zero-order valence-corrected chi connectivity index (χ0v) is 15.0. The lowest BCUT2D eigenvalue weighted by molar-refractivity contribution is 0.275. The standard InChI is InChI=1S/C16H21ClN4OS/c1-5-8-21-15(18-19-16(21)23-11-12(2)17)10-20(4)9-14-7-6-13(3)22-14/h5-7H,1-2,8-11H2,3-4H3. The van der Waals surface area contributed by atoms with Crippen LogP contribution < -0.4 is 0 Å². The van der Waals surface area contributed by atoms with Gasteiger partial charge in [-0.25, -0.2) is 0 Å². The summed E-state index contributed by atoms with van der Waals surface area (Å²) >= 11 is 7.35. The zero-order chi connectivity index (χ0) is 16.8. The maximum Gasteiger partial charge on any atom is 0.191 e.